The molecule has 3 aliphatic rings. The van der Waals surface area contributed by atoms with E-state index in [4.69, 9.17) is 4.99 Å². The highest BCUT2D eigenvalue weighted by Gasteiger charge is 2.31. The van der Waals surface area contributed by atoms with Crippen LogP contribution in [0.25, 0.3) is 0 Å². The number of aromatic nitrogens is 2. The third kappa shape index (κ3) is 6.55. The molecule has 0 atom stereocenters. The number of aliphatic imine (C=N–C) groups is 1. The van der Waals surface area contributed by atoms with E-state index in [1.54, 1.807) is 0 Å². The molecule has 6 rings (SSSR count). The minimum absolute atomic E-state index is 0.0190. The zero-order chi connectivity index (χ0) is 29.3. The lowest BCUT2D eigenvalue weighted by molar-refractivity contribution is -0.137. The fraction of sp³-hybridized carbons (Fsp3) is 0.438. The van der Waals surface area contributed by atoms with Gasteiger partial charge in [0.2, 0.25) is 0 Å². The van der Waals surface area contributed by atoms with E-state index in [-0.39, 0.29) is 5.91 Å². The number of aryl methyl sites for hydroxylation is 1. The highest BCUT2D eigenvalue weighted by molar-refractivity contribution is 6.40. The number of fused-ring (bicyclic) bond motifs is 1. The van der Waals surface area contributed by atoms with Crippen molar-refractivity contribution in [3.63, 3.8) is 0 Å². The summed E-state index contributed by atoms with van der Waals surface area (Å²) in [6.07, 6.45) is 2.08. The molecule has 220 valence electrons. The van der Waals surface area contributed by atoms with Crippen molar-refractivity contribution < 1.29 is 18.0 Å². The first-order valence-corrected chi connectivity index (χ1v) is 14.6. The number of benzene rings is 2. The number of rotatable bonds is 6. The third-order valence-corrected chi connectivity index (χ3v) is 8.59. The normalized spacial score (nSPS) is 18.7. The van der Waals surface area contributed by atoms with Crippen molar-refractivity contribution in [1.82, 2.24) is 24.7 Å². The smallest absolute Gasteiger partial charge is 0.335 e. The van der Waals surface area contributed by atoms with Crippen LogP contribution in [0.4, 0.5) is 18.9 Å². The lowest BCUT2D eigenvalue weighted by atomic mass is 9.88. The largest absolute Gasteiger partial charge is 0.416 e. The average molecular weight is 577 g/mol. The Kier molecular flexibility index (Phi) is 8.09. The molecule has 3 aliphatic heterocycles. The molecule has 3 aromatic rings. The van der Waals surface area contributed by atoms with Crippen LogP contribution in [0.1, 0.15) is 52.4 Å². The molecule has 0 N–H and O–H groups in total. The van der Waals surface area contributed by atoms with Gasteiger partial charge in [-0.25, -0.2) is 4.99 Å². The molecule has 0 spiro atoms. The summed E-state index contributed by atoms with van der Waals surface area (Å²) in [5, 5.41) is 0. The number of halogens is 3. The molecule has 1 amide bonds. The summed E-state index contributed by atoms with van der Waals surface area (Å²) in [5.74, 6) is 0.475. The van der Waals surface area contributed by atoms with E-state index in [1.165, 1.54) is 17.7 Å². The van der Waals surface area contributed by atoms with Gasteiger partial charge in [-0.3, -0.25) is 24.6 Å². The van der Waals surface area contributed by atoms with Crippen molar-refractivity contribution in [2.45, 2.75) is 51.4 Å². The van der Waals surface area contributed by atoms with Gasteiger partial charge >= 0.3 is 6.18 Å². The summed E-state index contributed by atoms with van der Waals surface area (Å²) in [6, 6.07) is 11.8. The quantitative estimate of drug-likeness (QED) is 0.406. The predicted octanol–water partition coefficient (Wildman–Crippen LogP) is 5.16. The second kappa shape index (κ2) is 11.9. The van der Waals surface area contributed by atoms with Crippen molar-refractivity contribution in [2.24, 2.45) is 4.99 Å². The first-order valence-electron chi connectivity index (χ1n) is 14.6. The summed E-state index contributed by atoms with van der Waals surface area (Å²) in [6.45, 7) is 7.87. The SMILES string of the molecule is Cc1cnc(CN2CCC(c3ccc4c(c3)CC(C(=O)N3CCN(Cc5ccc(C(F)(F)F)cc5)CC3)=N4)CC2)cn1. The molecule has 0 bridgehead atoms. The highest BCUT2D eigenvalue weighted by Crippen LogP contribution is 2.35. The van der Waals surface area contributed by atoms with Gasteiger partial charge in [0, 0.05) is 58.1 Å². The zero-order valence-electron chi connectivity index (χ0n) is 23.8. The molecule has 2 aromatic carbocycles. The fourth-order valence-electron chi connectivity index (χ4n) is 6.10. The highest BCUT2D eigenvalue weighted by atomic mass is 19.4. The summed E-state index contributed by atoms with van der Waals surface area (Å²) >= 11 is 0. The van der Waals surface area contributed by atoms with Gasteiger partial charge in [-0.2, -0.15) is 13.2 Å². The predicted molar refractivity (Wildman–Crippen MR) is 155 cm³/mol. The molecule has 42 heavy (non-hydrogen) atoms. The van der Waals surface area contributed by atoms with Crippen molar-refractivity contribution in [2.75, 3.05) is 39.3 Å². The molecular weight excluding hydrogens is 541 g/mol. The van der Waals surface area contributed by atoms with Gasteiger partial charge in [0.15, 0.2) is 0 Å². The first-order chi connectivity index (χ1) is 20.2. The van der Waals surface area contributed by atoms with Crippen molar-refractivity contribution in [3.8, 4) is 0 Å². The summed E-state index contributed by atoms with van der Waals surface area (Å²) in [5.41, 5.74) is 6.05. The maximum atomic E-state index is 13.3. The number of alkyl halides is 3. The molecule has 0 saturated carbocycles. The van der Waals surface area contributed by atoms with Crippen LogP contribution >= 0.6 is 0 Å². The Morgan fingerprint density at radius 3 is 2.26 bits per heavy atom. The number of carbonyl (C=O) groups excluding carboxylic acids is 1. The van der Waals surface area contributed by atoms with Crippen LogP contribution < -0.4 is 0 Å². The Balaban J connectivity index is 0.979. The number of piperazine rings is 1. The number of amides is 1. The molecule has 0 aliphatic carbocycles. The van der Waals surface area contributed by atoms with Gasteiger partial charge in [0.25, 0.3) is 5.91 Å². The Morgan fingerprint density at radius 1 is 0.881 bits per heavy atom. The van der Waals surface area contributed by atoms with Gasteiger partial charge in [-0.05, 0) is 73.7 Å². The Hall–Kier alpha value is -3.63. The van der Waals surface area contributed by atoms with Crippen LogP contribution in [-0.2, 0) is 30.5 Å². The molecule has 0 radical (unpaired) electrons. The maximum Gasteiger partial charge on any atom is 0.416 e. The zero-order valence-corrected chi connectivity index (χ0v) is 23.8. The lowest BCUT2D eigenvalue weighted by Gasteiger charge is -2.34. The minimum atomic E-state index is -4.33. The lowest BCUT2D eigenvalue weighted by Crippen LogP contribution is -2.50. The van der Waals surface area contributed by atoms with Crippen LogP contribution in [0.15, 0.2) is 59.9 Å². The minimum Gasteiger partial charge on any atom is -0.335 e. The molecule has 0 unspecified atom stereocenters. The van der Waals surface area contributed by atoms with Crippen molar-refractivity contribution in [1.29, 1.82) is 0 Å². The van der Waals surface area contributed by atoms with Gasteiger partial charge in [-0.1, -0.05) is 24.3 Å². The van der Waals surface area contributed by atoms with Gasteiger partial charge < -0.3 is 4.90 Å². The van der Waals surface area contributed by atoms with E-state index in [2.05, 4.69) is 38.0 Å². The van der Waals surface area contributed by atoms with Crippen LogP contribution in [-0.4, -0.2) is 75.6 Å². The molecular formula is C32H35F3N6O. The second-order valence-corrected chi connectivity index (χ2v) is 11.6. The molecule has 7 nitrogen and oxygen atoms in total. The summed E-state index contributed by atoms with van der Waals surface area (Å²) in [7, 11) is 0. The Labute approximate surface area is 244 Å². The van der Waals surface area contributed by atoms with E-state index < -0.39 is 11.7 Å². The van der Waals surface area contributed by atoms with Crippen LogP contribution in [0.5, 0.6) is 0 Å². The molecule has 10 heteroatoms. The molecule has 2 saturated heterocycles. The van der Waals surface area contributed by atoms with E-state index in [1.807, 2.05) is 24.2 Å². The number of piperidine rings is 1. The van der Waals surface area contributed by atoms with Crippen LogP contribution in [0.3, 0.4) is 0 Å². The molecule has 2 fully saturated rings. The first kappa shape index (κ1) is 28.5. The van der Waals surface area contributed by atoms with Gasteiger partial charge in [0.05, 0.1) is 22.6 Å². The van der Waals surface area contributed by atoms with E-state index in [9.17, 15) is 18.0 Å². The average Bonchev–Trinajstić information content (AvgIpc) is 3.42. The number of hydrogen-bond acceptors (Lipinski definition) is 6. The van der Waals surface area contributed by atoms with Crippen LogP contribution in [0.2, 0.25) is 0 Å². The standard InChI is InChI=1S/C32H35F3N6O/c1-22-18-37-28(19-36-22)21-39-10-8-24(9-11-39)25-4-7-29-26(16-25)17-30(38-29)31(42)41-14-12-40(13-15-41)20-23-2-5-27(6-3-23)32(33,34)35/h2-7,16,18-19,24H,8-15,17,20-21H2,1H3. The second-order valence-electron chi connectivity index (χ2n) is 11.6. The van der Waals surface area contributed by atoms with E-state index in [0.29, 0.717) is 50.8 Å². The number of likely N-dealkylation sites (tertiary alicyclic amines) is 1. The number of hydrogen-bond donors (Lipinski definition) is 0. The Morgan fingerprint density at radius 2 is 1.60 bits per heavy atom. The van der Waals surface area contributed by atoms with Gasteiger partial charge in [-0.15, -0.1) is 0 Å². The number of nitrogens with zero attached hydrogens (tertiary/aromatic N) is 6. The molecule has 4 heterocycles. The summed E-state index contributed by atoms with van der Waals surface area (Å²) < 4.78 is 38.5. The number of carbonyl (C=O) groups is 1. The summed E-state index contributed by atoms with van der Waals surface area (Å²) in [4.78, 5) is 33.3. The van der Waals surface area contributed by atoms with E-state index >= 15 is 0 Å². The van der Waals surface area contributed by atoms with Crippen molar-refractivity contribution >= 4 is 17.3 Å². The van der Waals surface area contributed by atoms with E-state index in [0.717, 1.165) is 72.8 Å². The van der Waals surface area contributed by atoms with Gasteiger partial charge in [0.1, 0.15) is 5.71 Å². The monoisotopic (exact) mass is 576 g/mol. The maximum absolute atomic E-state index is 13.3. The van der Waals surface area contributed by atoms with Crippen LogP contribution in [0, 0.1) is 6.92 Å². The Bertz CT molecular complexity index is 1440. The fourth-order valence-corrected chi connectivity index (χ4v) is 6.10. The van der Waals surface area contributed by atoms with Crippen molar-refractivity contribution in [3.05, 3.63) is 88.5 Å². The third-order valence-electron chi connectivity index (χ3n) is 8.59. The molecule has 1 aromatic heterocycles. The topological polar surface area (TPSA) is 64.9 Å².